The highest BCUT2D eigenvalue weighted by Crippen LogP contribution is 2.30. The number of nitrogens with zero attached hydrogens (tertiary/aromatic N) is 2. The molecular formula is C22H21BrF4N4O2. The normalized spacial score (nSPS) is 12.5. The summed E-state index contributed by atoms with van der Waals surface area (Å²) < 4.78 is 56.8. The molecule has 176 valence electrons. The minimum Gasteiger partial charge on any atom is -0.406 e. The lowest BCUT2D eigenvalue weighted by Gasteiger charge is -2.21. The first-order valence-corrected chi connectivity index (χ1v) is 10.7. The first-order chi connectivity index (χ1) is 15.5. The van der Waals surface area contributed by atoms with E-state index in [9.17, 15) is 22.7 Å². The summed E-state index contributed by atoms with van der Waals surface area (Å²) in [5.74, 6) is -0.591. The Morgan fingerprint density at radius 3 is 2.48 bits per heavy atom. The number of halogens is 5. The summed E-state index contributed by atoms with van der Waals surface area (Å²) in [4.78, 5) is 8.71. The number of nitrogens with one attached hydrogen (secondary N) is 2. The average Bonchev–Trinajstić information content (AvgIpc) is 2.72. The largest absolute Gasteiger partial charge is 0.573 e. The molecule has 1 heterocycles. The van der Waals surface area contributed by atoms with Crippen molar-refractivity contribution in [3.63, 3.8) is 0 Å². The predicted octanol–water partition coefficient (Wildman–Crippen LogP) is 6.12. The van der Waals surface area contributed by atoms with E-state index in [1.165, 1.54) is 36.4 Å². The lowest BCUT2D eigenvalue weighted by atomic mass is 10.1. The molecule has 0 aliphatic heterocycles. The summed E-state index contributed by atoms with van der Waals surface area (Å²) in [7, 11) is 0. The van der Waals surface area contributed by atoms with Crippen LogP contribution in [0, 0.1) is 11.7 Å². The van der Waals surface area contributed by atoms with Crippen LogP contribution in [0.3, 0.4) is 0 Å². The smallest absolute Gasteiger partial charge is 0.406 e. The van der Waals surface area contributed by atoms with Crippen LogP contribution in [-0.2, 0) is 0 Å². The van der Waals surface area contributed by atoms with Crippen LogP contribution in [0.5, 0.6) is 5.75 Å². The zero-order chi connectivity index (χ0) is 24.2. The van der Waals surface area contributed by atoms with Crippen LogP contribution in [0.1, 0.15) is 13.8 Å². The summed E-state index contributed by atoms with van der Waals surface area (Å²) >= 11 is 3.19. The monoisotopic (exact) mass is 528 g/mol. The molecule has 3 N–H and O–H groups in total. The molecule has 0 bridgehead atoms. The number of aliphatic hydroxyl groups is 1. The third-order valence-corrected chi connectivity index (χ3v) is 5.09. The molecule has 0 aliphatic rings. The summed E-state index contributed by atoms with van der Waals surface area (Å²) in [5.41, 5.74) is 0.734. The Morgan fingerprint density at radius 1 is 1.09 bits per heavy atom. The van der Waals surface area contributed by atoms with Crippen molar-refractivity contribution < 1.29 is 27.4 Å². The van der Waals surface area contributed by atoms with Crippen molar-refractivity contribution >= 4 is 33.4 Å². The SMILES string of the molecule is CC(C)[C@@H](CO)Nc1nc(Nc2ccc(Br)cc2F)cc(-c2cccc(OC(F)(F)F)c2)n1. The minimum absolute atomic E-state index is 0.0334. The van der Waals surface area contributed by atoms with E-state index in [0.29, 0.717) is 10.0 Å². The summed E-state index contributed by atoms with van der Waals surface area (Å²) in [6, 6.07) is 10.9. The standard InChI is InChI=1S/C22H21BrF4N4O2/c1-12(2)19(11-32)30-21-29-18(13-4-3-5-15(8-13)33-22(25,26)27)10-20(31-21)28-17-7-6-14(23)9-16(17)24/h3-10,12,19,32H,11H2,1-2H3,(H2,28,29,30,31)/t19-/m1/s1. The van der Waals surface area contributed by atoms with Gasteiger partial charge in [0.1, 0.15) is 17.4 Å². The molecule has 33 heavy (non-hydrogen) atoms. The molecule has 1 atom stereocenters. The fourth-order valence-electron chi connectivity index (χ4n) is 2.89. The molecule has 0 saturated carbocycles. The number of anilines is 3. The third kappa shape index (κ3) is 7.03. The van der Waals surface area contributed by atoms with Gasteiger partial charge >= 0.3 is 6.36 Å². The second kappa shape index (κ2) is 10.3. The molecule has 3 rings (SSSR count). The van der Waals surface area contributed by atoms with Gasteiger partial charge in [0.05, 0.1) is 24.0 Å². The maximum Gasteiger partial charge on any atom is 0.573 e. The van der Waals surface area contributed by atoms with Crippen molar-refractivity contribution in [3.05, 3.63) is 58.8 Å². The van der Waals surface area contributed by atoms with Gasteiger partial charge in [-0.25, -0.2) is 9.37 Å². The summed E-state index contributed by atoms with van der Waals surface area (Å²) in [6.45, 7) is 3.60. The van der Waals surface area contributed by atoms with Crippen molar-refractivity contribution in [2.24, 2.45) is 5.92 Å². The molecular weight excluding hydrogens is 508 g/mol. The molecule has 0 saturated heterocycles. The van der Waals surface area contributed by atoms with Gasteiger partial charge in [-0.1, -0.05) is 41.9 Å². The van der Waals surface area contributed by atoms with Gasteiger partial charge < -0.3 is 20.5 Å². The number of aliphatic hydroxyl groups excluding tert-OH is 1. The van der Waals surface area contributed by atoms with Gasteiger partial charge in [-0.15, -0.1) is 13.2 Å². The number of benzene rings is 2. The number of hydrogen-bond donors (Lipinski definition) is 3. The molecule has 0 fully saturated rings. The lowest BCUT2D eigenvalue weighted by Crippen LogP contribution is -2.30. The Hall–Kier alpha value is -2.92. The predicted molar refractivity (Wildman–Crippen MR) is 121 cm³/mol. The van der Waals surface area contributed by atoms with E-state index in [-0.39, 0.29) is 41.7 Å². The summed E-state index contributed by atoms with van der Waals surface area (Å²) in [5, 5.41) is 15.5. The van der Waals surface area contributed by atoms with Gasteiger partial charge in [0.15, 0.2) is 0 Å². The van der Waals surface area contributed by atoms with E-state index in [4.69, 9.17) is 0 Å². The zero-order valence-corrected chi connectivity index (χ0v) is 19.2. The van der Waals surface area contributed by atoms with Crippen molar-refractivity contribution in [2.45, 2.75) is 26.3 Å². The summed E-state index contributed by atoms with van der Waals surface area (Å²) in [6.07, 6.45) is -4.84. The van der Waals surface area contributed by atoms with E-state index < -0.39 is 17.9 Å². The van der Waals surface area contributed by atoms with Crippen molar-refractivity contribution in [3.8, 4) is 17.0 Å². The number of rotatable bonds is 8. The quantitative estimate of drug-likeness (QED) is 0.306. The topological polar surface area (TPSA) is 79.3 Å². The maximum atomic E-state index is 14.3. The van der Waals surface area contributed by atoms with Crippen LogP contribution < -0.4 is 15.4 Å². The third-order valence-electron chi connectivity index (χ3n) is 4.60. The van der Waals surface area contributed by atoms with Crippen LogP contribution in [0.4, 0.5) is 35.0 Å². The Balaban J connectivity index is 2.02. The number of aromatic nitrogens is 2. The molecule has 2 aromatic carbocycles. The highest BCUT2D eigenvalue weighted by molar-refractivity contribution is 9.10. The van der Waals surface area contributed by atoms with Crippen molar-refractivity contribution in [2.75, 3.05) is 17.2 Å². The van der Waals surface area contributed by atoms with Crippen LogP contribution in [0.15, 0.2) is 53.0 Å². The second-order valence-corrected chi connectivity index (χ2v) is 8.38. The fraction of sp³-hybridized carbons (Fsp3) is 0.273. The molecule has 0 amide bonds. The molecule has 1 aromatic heterocycles. The van der Waals surface area contributed by atoms with Crippen molar-refractivity contribution in [1.82, 2.24) is 9.97 Å². The first-order valence-electron chi connectivity index (χ1n) is 9.89. The first kappa shape index (κ1) is 24.7. The molecule has 3 aromatic rings. The molecule has 11 heteroatoms. The molecule has 0 unspecified atom stereocenters. The van der Waals surface area contributed by atoms with E-state index in [0.717, 1.165) is 0 Å². The van der Waals surface area contributed by atoms with E-state index in [2.05, 4.69) is 41.3 Å². The molecule has 6 nitrogen and oxygen atoms in total. The fourth-order valence-corrected chi connectivity index (χ4v) is 3.23. The Bertz CT molecular complexity index is 1110. The van der Waals surface area contributed by atoms with Gasteiger partial charge in [-0.3, -0.25) is 0 Å². The van der Waals surface area contributed by atoms with Crippen LogP contribution in [0.25, 0.3) is 11.3 Å². The Kier molecular flexibility index (Phi) is 7.75. The molecule has 0 radical (unpaired) electrons. The second-order valence-electron chi connectivity index (χ2n) is 7.46. The zero-order valence-electron chi connectivity index (χ0n) is 17.6. The number of ether oxygens (including phenoxy) is 1. The van der Waals surface area contributed by atoms with Crippen molar-refractivity contribution in [1.29, 1.82) is 0 Å². The van der Waals surface area contributed by atoms with E-state index in [1.807, 2.05) is 13.8 Å². The van der Waals surface area contributed by atoms with Crippen LogP contribution >= 0.6 is 15.9 Å². The maximum absolute atomic E-state index is 14.3. The van der Waals surface area contributed by atoms with E-state index in [1.54, 1.807) is 12.1 Å². The highest BCUT2D eigenvalue weighted by Gasteiger charge is 2.31. The molecule has 0 aliphatic carbocycles. The highest BCUT2D eigenvalue weighted by atomic mass is 79.9. The Labute approximate surface area is 196 Å². The molecule has 0 spiro atoms. The van der Waals surface area contributed by atoms with Gasteiger partial charge in [0.25, 0.3) is 0 Å². The van der Waals surface area contributed by atoms with Crippen LogP contribution in [-0.4, -0.2) is 34.1 Å². The van der Waals surface area contributed by atoms with Crippen LogP contribution in [0.2, 0.25) is 0 Å². The average molecular weight is 529 g/mol. The van der Waals surface area contributed by atoms with Gasteiger partial charge in [-0.2, -0.15) is 4.98 Å². The van der Waals surface area contributed by atoms with E-state index >= 15 is 0 Å². The van der Waals surface area contributed by atoms with Gasteiger partial charge in [0, 0.05) is 16.1 Å². The van der Waals surface area contributed by atoms with Gasteiger partial charge in [0.2, 0.25) is 5.95 Å². The number of alkyl halides is 3. The number of hydrogen-bond acceptors (Lipinski definition) is 6. The Morgan fingerprint density at radius 2 is 1.85 bits per heavy atom. The minimum atomic E-state index is -4.84. The van der Waals surface area contributed by atoms with Gasteiger partial charge in [-0.05, 0) is 36.2 Å². The lowest BCUT2D eigenvalue weighted by molar-refractivity contribution is -0.274.